The lowest BCUT2D eigenvalue weighted by molar-refractivity contribution is 0.0325. The van der Waals surface area contributed by atoms with E-state index in [0.29, 0.717) is 5.76 Å². The van der Waals surface area contributed by atoms with Crippen LogP contribution in [-0.2, 0) is 4.74 Å². The van der Waals surface area contributed by atoms with Crippen molar-refractivity contribution in [2.24, 2.45) is 0 Å². The zero-order valence-electron chi connectivity index (χ0n) is 13.2. The topological polar surface area (TPSA) is 53.0 Å². The zero-order chi connectivity index (χ0) is 16.7. The van der Waals surface area contributed by atoms with Crippen LogP contribution in [0.4, 0.5) is 0 Å². The molecule has 3 nitrogen and oxygen atoms in total. The van der Waals surface area contributed by atoms with Crippen molar-refractivity contribution < 1.29 is 14.9 Å². The Hall–Kier alpha value is -2.88. The van der Waals surface area contributed by atoms with Gasteiger partial charge < -0.3 is 14.9 Å². The van der Waals surface area contributed by atoms with Crippen molar-refractivity contribution in [2.45, 2.75) is 12.2 Å². The smallest absolute Gasteiger partial charge is 0.179 e. The predicted octanol–water partition coefficient (Wildman–Crippen LogP) is 4.25. The lowest BCUT2D eigenvalue weighted by Crippen LogP contribution is -2.20. The first kappa shape index (κ1) is 13.4. The summed E-state index contributed by atoms with van der Waals surface area (Å²) in [5, 5.41) is 27.6. The van der Waals surface area contributed by atoms with Crippen LogP contribution in [0.3, 0.4) is 0 Å². The minimum Gasteiger partial charge on any atom is -0.451 e. The monoisotopic (exact) mass is 326 g/mol. The van der Waals surface area contributed by atoms with Gasteiger partial charge in [-0.15, -0.1) is 0 Å². The molecule has 0 saturated carbocycles. The number of aliphatic hydroxyl groups is 2. The number of fused-ring (bicyclic) bond motifs is 9. The van der Waals surface area contributed by atoms with E-state index in [4.69, 9.17) is 4.74 Å². The summed E-state index contributed by atoms with van der Waals surface area (Å²) >= 11 is 0. The minimum atomic E-state index is -0.966. The minimum absolute atomic E-state index is 0.504. The number of rotatable bonds is 0. The standard InChI is InChI=1S/C22H14O3/c23-19-16-10-9-15-13-7-2-1-5-11(13)12-6-3-4-8-14(12)17(15)18(16)21-22(25-21)20(19)24/h1-10,19-20,23-24H/t19-,20+/m0/s1. The summed E-state index contributed by atoms with van der Waals surface area (Å²) in [5.41, 5.74) is 1.66. The summed E-state index contributed by atoms with van der Waals surface area (Å²) in [4.78, 5) is 0. The van der Waals surface area contributed by atoms with Gasteiger partial charge in [0.25, 0.3) is 0 Å². The molecule has 0 amide bonds. The normalized spacial score (nSPS) is 21.4. The van der Waals surface area contributed by atoms with Crippen LogP contribution in [0.2, 0.25) is 0 Å². The van der Waals surface area contributed by atoms with Gasteiger partial charge in [0.05, 0.1) is 0 Å². The Morgan fingerprint density at radius 1 is 0.640 bits per heavy atom. The molecule has 0 fully saturated rings. The lowest BCUT2D eigenvalue weighted by Gasteiger charge is -2.21. The van der Waals surface area contributed by atoms with Crippen LogP contribution in [0.25, 0.3) is 38.1 Å². The van der Waals surface area contributed by atoms with Crippen LogP contribution in [0.15, 0.2) is 66.4 Å². The third kappa shape index (κ3) is 1.57. The third-order valence-corrected chi connectivity index (χ3v) is 5.45. The largest absolute Gasteiger partial charge is 0.451 e. The fourth-order valence-corrected chi connectivity index (χ4v) is 4.27. The van der Waals surface area contributed by atoms with E-state index >= 15 is 0 Å². The number of hydrogen-bond acceptors (Lipinski definition) is 3. The highest BCUT2D eigenvalue weighted by Crippen LogP contribution is 2.52. The molecule has 0 spiro atoms. The molecule has 2 aliphatic rings. The first-order valence-electron chi connectivity index (χ1n) is 8.40. The van der Waals surface area contributed by atoms with Crippen molar-refractivity contribution in [1.29, 1.82) is 0 Å². The van der Waals surface area contributed by atoms with Gasteiger partial charge in [-0.3, -0.25) is 0 Å². The van der Waals surface area contributed by atoms with Crippen LogP contribution in [0, 0.1) is 0 Å². The van der Waals surface area contributed by atoms with E-state index in [1.807, 2.05) is 30.3 Å². The van der Waals surface area contributed by atoms with E-state index in [-0.39, 0.29) is 0 Å². The summed E-state index contributed by atoms with van der Waals surface area (Å²) in [6.45, 7) is 0. The van der Waals surface area contributed by atoms with Crippen LogP contribution >= 0.6 is 0 Å². The maximum atomic E-state index is 10.5. The van der Waals surface area contributed by atoms with E-state index < -0.39 is 12.2 Å². The fraction of sp³-hybridized carbons (Fsp3) is 0.0909. The van der Waals surface area contributed by atoms with Crippen molar-refractivity contribution >= 4 is 38.1 Å². The molecule has 1 aliphatic carbocycles. The molecule has 1 heterocycles. The van der Waals surface area contributed by atoms with Gasteiger partial charge in [-0.25, -0.2) is 0 Å². The first-order valence-corrected chi connectivity index (χ1v) is 8.40. The van der Waals surface area contributed by atoms with E-state index in [1.54, 1.807) is 0 Å². The second kappa shape index (κ2) is 4.39. The molecule has 4 aromatic carbocycles. The van der Waals surface area contributed by atoms with Gasteiger partial charge in [-0.1, -0.05) is 60.7 Å². The Labute approximate surface area is 143 Å². The average Bonchev–Trinajstić information content (AvgIpc) is 3.46. The van der Waals surface area contributed by atoms with Crippen LogP contribution in [0.5, 0.6) is 0 Å². The fourth-order valence-electron chi connectivity index (χ4n) is 4.27. The van der Waals surface area contributed by atoms with E-state index in [9.17, 15) is 10.2 Å². The van der Waals surface area contributed by atoms with Crippen molar-refractivity contribution in [1.82, 2.24) is 0 Å². The molecular weight excluding hydrogens is 312 g/mol. The van der Waals surface area contributed by atoms with E-state index in [2.05, 4.69) is 30.3 Å². The molecule has 0 radical (unpaired) electrons. The molecule has 4 aromatic rings. The second-order valence-corrected chi connectivity index (χ2v) is 6.73. The quantitative estimate of drug-likeness (QED) is 0.475. The van der Waals surface area contributed by atoms with Crippen molar-refractivity contribution in [3.05, 3.63) is 77.5 Å². The Balaban J connectivity index is 1.92. The van der Waals surface area contributed by atoms with Gasteiger partial charge in [-0.05, 0) is 32.5 Å². The third-order valence-electron chi connectivity index (χ3n) is 5.45. The van der Waals surface area contributed by atoms with Crippen LogP contribution in [0.1, 0.15) is 17.2 Å². The number of hydrogen-bond donors (Lipinski definition) is 2. The summed E-state index contributed by atoms with van der Waals surface area (Å²) in [6.07, 6.45) is -1.92. The predicted molar refractivity (Wildman–Crippen MR) is 97.9 cm³/mol. The molecule has 2 atom stereocenters. The zero-order valence-corrected chi connectivity index (χ0v) is 13.2. The number of ether oxygens (including phenoxy) is 1. The van der Waals surface area contributed by atoms with E-state index in [0.717, 1.165) is 33.0 Å². The summed E-state index contributed by atoms with van der Waals surface area (Å²) in [6, 6.07) is 20.7. The lowest BCUT2D eigenvalue weighted by atomic mass is 9.85. The molecule has 0 unspecified atom stereocenters. The van der Waals surface area contributed by atoms with Crippen LogP contribution < -0.4 is 0 Å². The molecule has 3 heteroatoms. The molecule has 1 aliphatic heterocycles. The molecule has 0 aromatic heterocycles. The maximum Gasteiger partial charge on any atom is 0.179 e. The average molecular weight is 326 g/mol. The van der Waals surface area contributed by atoms with Crippen molar-refractivity contribution in [3.8, 4) is 0 Å². The van der Waals surface area contributed by atoms with Gasteiger partial charge in [0.2, 0.25) is 0 Å². The molecule has 2 N–H and O–H groups in total. The SMILES string of the molecule is O[C@H]1C2=C(O2)c2c(ccc3c4ccccc4c4ccccc4c23)[C@@H]1O. The molecule has 6 rings (SSSR count). The number of benzene rings is 4. The van der Waals surface area contributed by atoms with Crippen molar-refractivity contribution in [2.75, 3.05) is 0 Å². The first-order chi connectivity index (χ1) is 12.3. The Kier molecular flexibility index (Phi) is 2.36. The summed E-state index contributed by atoms with van der Waals surface area (Å²) in [7, 11) is 0. The van der Waals surface area contributed by atoms with Crippen molar-refractivity contribution in [3.63, 3.8) is 0 Å². The number of aliphatic hydroxyl groups excluding tert-OH is 2. The highest BCUT2D eigenvalue weighted by atomic mass is 16.6. The molecular formula is C22H14O3. The Morgan fingerprint density at radius 3 is 1.88 bits per heavy atom. The van der Waals surface area contributed by atoms with Gasteiger partial charge in [0.1, 0.15) is 12.2 Å². The van der Waals surface area contributed by atoms with Gasteiger partial charge in [0.15, 0.2) is 11.5 Å². The summed E-state index contributed by atoms with van der Waals surface area (Å²) in [5.74, 6) is 1.23. The highest BCUT2D eigenvalue weighted by molar-refractivity contribution is 6.27. The van der Waals surface area contributed by atoms with E-state index in [1.165, 1.54) is 16.2 Å². The summed E-state index contributed by atoms with van der Waals surface area (Å²) < 4.78 is 5.58. The molecule has 0 bridgehead atoms. The molecule has 25 heavy (non-hydrogen) atoms. The second-order valence-electron chi connectivity index (χ2n) is 6.73. The molecule has 0 saturated heterocycles. The van der Waals surface area contributed by atoms with Crippen LogP contribution in [-0.4, -0.2) is 16.3 Å². The maximum absolute atomic E-state index is 10.5. The van der Waals surface area contributed by atoms with Gasteiger partial charge >= 0.3 is 0 Å². The Bertz CT molecular complexity index is 1220. The molecule has 120 valence electrons. The van der Waals surface area contributed by atoms with Gasteiger partial charge in [0, 0.05) is 10.9 Å². The Morgan fingerprint density at radius 2 is 1.20 bits per heavy atom. The van der Waals surface area contributed by atoms with Gasteiger partial charge in [-0.2, -0.15) is 0 Å². The highest BCUT2D eigenvalue weighted by Gasteiger charge is 2.45.